The Bertz CT molecular complexity index is 864. The van der Waals surface area contributed by atoms with Gasteiger partial charge in [0.25, 0.3) is 0 Å². The first-order chi connectivity index (χ1) is 11.6. The molecule has 0 amide bonds. The molecule has 1 unspecified atom stereocenters. The molecule has 6 N–H and O–H groups in total. The van der Waals surface area contributed by atoms with Gasteiger partial charge in [0.05, 0.1) is 5.56 Å². The smallest absolute Gasteiger partial charge is 0.369 e. The fourth-order valence-corrected chi connectivity index (χ4v) is 2.47. The minimum atomic E-state index is -4.76. The molecule has 2 aromatic rings. The molecule has 0 bridgehead atoms. The second-order valence-electron chi connectivity index (χ2n) is 5.40. The van der Waals surface area contributed by atoms with Crippen molar-refractivity contribution >= 4 is 5.96 Å². The van der Waals surface area contributed by atoms with Gasteiger partial charge in [0, 0.05) is 5.56 Å². The van der Waals surface area contributed by atoms with E-state index in [0.29, 0.717) is 6.07 Å². The largest absolute Gasteiger partial charge is 0.417 e. The number of nitrogens with one attached hydrogen (secondary N) is 2. The molecule has 132 valence electrons. The van der Waals surface area contributed by atoms with Gasteiger partial charge in [-0.15, -0.1) is 0 Å². The normalized spacial score (nSPS) is 20.3. The predicted molar refractivity (Wildman–Crippen MR) is 80.6 cm³/mol. The second kappa shape index (κ2) is 5.67. The third-order valence-electron chi connectivity index (χ3n) is 3.67. The SMILES string of the molecule is NC1=NC(N)(c2ccc(-c3ccc(F)c(F)c3)c(C(F)(F)F)c2)NN1. The van der Waals surface area contributed by atoms with Crippen LogP contribution in [-0.2, 0) is 12.0 Å². The summed E-state index contributed by atoms with van der Waals surface area (Å²) in [5, 5.41) is 0. The highest BCUT2D eigenvalue weighted by atomic mass is 19.4. The van der Waals surface area contributed by atoms with Gasteiger partial charge >= 0.3 is 6.18 Å². The molecule has 0 aromatic heterocycles. The summed E-state index contributed by atoms with van der Waals surface area (Å²) in [6, 6.07) is 5.72. The van der Waals surface area contributed by atoms with E-state index in [9.17, 15) is 22.0 Å². The van der Waals surface area contributed by atoms with E-state index in [1.165, 1.54) is 6.07 Å². The standard InChI is InChI=1S/C15H12F5N5/c16-11-4-1-7(5-12(11)17)9-3-2-8(6-10(9)14(18,19)20)15(22)23-13(21)24-25-15/h1-6,25H,22H2,(H3,21,23,24). The van der Waals surface area contributed by atoms with E-state index in [4.69, 9.17) is 11.5 Å². The van der Waals surface area contributed by atoms with Crippen LogP contribution in [0.1, 0.15) is 11.1 Å². The van der Waals surface area contributed by atoms with Gasteiger partial charge in [0.2, 0.25) is 11.7 Å². The van der Waals surface area contributed by atoms with Crippen molar-refractivity contribution in [2.24, 2.45) is 16.5 Å². The Morgan fingerprint density at radius 3 is 2.28 bits per heavy atom. The van der Waals surface area contributed by atoms with Gasteiger partial charge in [-0.2, -0.15) is 18.6 Å². The number of hydrogen-bond acceptors (Lipinski definition) is 5. The molecular weight excluding hydrogens is 345 g/mol. The van der Waals surface area contributed by atoms with Crippen LogP contribution in [0.25, 0.3) is 11.1 Å². The van der Waals surface area contributed by atoms with Crippen molar-refractivity contribution in [3.05, 3.63) is 59.2 Å². The van der Waals surface area contributed by atoms with E-state index in [1.54, 1.807) is 0 Å². The number of aliphatic imine (C=N–C) groups is 1. The van der Waals surface area contributed by atoms with Crippen LogP contribution in [0.3, 0.4) is 0 Å². The average Bonchev–Trinajstić information content (AvgIpc) is 2.89. The zero-order valence-electron chi connectivity index (χ0n) is 12.5. The third kappa shape index (κ3) is 3.13. The van der Waals surface area contributed by atoms with Gasteiger partial charge in [-0.3, -0.25) is 11.2 Å². The highest BCUT2D eigenvalue weighted by Gasteiger charge is 2.38. The zero-order valence-corrected chi connectivity index (χ0v) is 12.5. The number of nitrogens with zero attached hydrogens (tertiary/aromatic N) is 1. The van der Waals surface area contributed by atoms with Crippen molar-refractivity contribution in [3.63, 3.8) is 0 Å². The molecule has 0 saturated heterocycles. The van der Waals surface area contributed by atoms with Crippen LogP contribution < -0.4 is 22.3 Å². The second-order valence-corrected chi connectivity index (χ2v) is 5.40. The first kappa shape index (κ1) is 17.1. The topological polar surface area (TPSA) is 88.5 Å². The Kier molecular flexibility index (Phi) is 3.88. The Labute approximate surface area is 138 Å². The van der Waals surface area contributed by atoms with Crippen LogP contribution in [0.4, 0.5) is 22.0 Å². The van der Waals surface area contributed by atoms with Gasteiger partial charge in [-0.1, -0.05) is 18.2 Å². The monoisotopic (exact) mass is 357 g/mol. The first-order valence-corrected chi connectivity index (χ1v) is 6.95. The number of nitrogens with two attached hydrogens (primary N) is 2. The summed E-state index contributed by atoms with van der Waals surface area (Å²) in [5.41, 5.74) is 14.7. The lowest BCUT2D eigenvalue weighted by molar-refractivity contribution is -0.137. The molecule has 1 heterocycles. The summed E-state index contributed by atoms with van der Waals surface area (Å²) in [6.07, 6.45) is -4.76. The van der Waals surface area contributed by atoms with E-state index in [0.717, 1.165) is 24.3 Å². The summed E-state index contributed by atoms with van der Waals surface area (Å²) in [6.45, 7) is 0. The van der Waals surface area contributed by atoms with Crippen molar-refractivity contribution in [1.29, 1.82) is 0 Å². The number of guanidine groups is 1. The van der Waals surface area contributed by atoms with Crippen molar-refractivity contribution in [1.82, 2.24) is 10.9 Å². The van der Waals surface area contributed by atoms with E-state index >= 15 is 0 Å². The fraction of sp³-hybridized carbons (Fsp3) is 0.133. The molecule has 1 aliphatic heterocycles. The van der Waals surface area contributed by atoms with Gasteiger partial charge in [-0.05, 0) is 29.3 Å². The maximum Gasteiger partial charge on any atom is 0.417 e. The van der Waals surface area contributed by atoms with Crippen LogP contribution in [0.2, 0.25) is 0 Å². The molecule has 5 nitrogen and oxygen atoms in total. The lowest BCUT2D eigenvalue weighted by Crippen LogP contribution is -2.50. The van der Waals surface area contributed by atoms with Crippen molar-refractivity contribution < 1.29 is 22.0 Å². The molecular formula is C15H12F5N5. The average molecular weight is 357 g/mol. The number of benzene rings is 2. The van der Waals surface area contributed by atoms with Crippen LogP contribution >= 0.6 is 0 Å². The highest BCUT2D eigenvalue weighted by Crippen LogP contribution is 2.39. The van der Waals surface area contributed by atoms with Crippen molar-refractivity contribution in [3.8, 4) is 11.1 Å². The molecule has 0 radical (unpaired) electrons. The third-order valence-corrected chi connectivity index (χ3v) is 3.67. The summed E-state index contributed by atoms with van der Waals surface area (Å²) < 4.78 is 66.9. The summed E-state index contributed by atoms with van der Waals surface area (Å²) >= 11 is 0. The van der Waals surface area contributed by atoms with Crippen molar-refractivity contribution in [2.45, 2.75) is 12.0 Å². The van der Waals surface area contributed by atoms with Crippen LogP contribution in [0, 0.1) is 11.6 Å². The molecule has 10 heteroatoms. The Morgan fingerprint density at radius 2 is 1.72 bits per heavy atom. The van der Waals surface area contributed by atoms with E-state index in [1.807, 2.05) is 0 Å². The number of rotatable bonds is 2. The van der Waals surface area contributed by atoms with E-state index in [-0.39, 0.29) is 22.6 Å². The van der Waals surface area contributed by atoms with Gasteiger partial charge in [0.1, 0.15) is 0 Å². The lowest BCUT2D eigenvalue weighted by atomic mass is 9.95. The van der Waals surface area contributed by atoms with E-state index in [2.05, 4.69) is 15.8 Å². The maximum absolute atomic E-state index is 13.5. The van der Waals surface area contributed by atoms with Gasteiger partial charge < -0.3 is 5.73 Å². The minimum Gasteiger partial charge on any atom is -0.369 e. The lowest BCUT2D eigenvalue weighted by Gasteiger charge is -2.23. The first-order valence-electron chi connectivity index (χ1n) is 6.95. The van der Waals surface area contributed by atoms with Crippen molar-refractivity contribution in [2.75, 3.05) is 0 Å². The van der Waals surface area contributed by atoms with Crippen LogP contribution in [0.5, 0.6) is 0 Å². The van der Waals surface area contributed by atoms with Crippen LogP contribution in [0.15, 0.2) is 41.4 Å². The number of hydrogen-bond donors (Lipinski definition) is 4. The highest BCUT2D eigenvalue weighted by molar-refractivity contribution is 5.79. The molecule has 2 aromatic carbocycles. The summed E-state index contributed by atoms with van der Waals surface area (Å²) in [7, 11) is 0. The Hall–Kier alpha value is -2.72. The zero-order chi connectivity index (χ0) is 18.4. The minimum absolute atomic E-state index is 0.0147. The van der Waals surface area contributed by atoms with Gasteiger partial charge in [0.15, 0.2) is 11.6 Å². The fourth-order valence-electron chi connectivity index (χ4n) is 2.47. The Balaban J connectivity index is 2.16. The molecule has 1 atom stereocenters. The molecule has 0 fully saturated rings. The van der Waals surface area contributed by atoms with E-state index < -0.39 is 29.2 Å². The maximum atomic E-state index is 13.5. The summed E-state index contributed by atoms with van der Waals surface area (Å²) in [4.78, 5) is 3.82. The summed E-state index contributed by atoms with van der Waals surface area (Å²) in [5.74, 6) is -4.16. The predicted octanol–water partition coefficient (Wildman–Crippen LogP) is 2.14. The van der Waals surface area contributed by atoms with Gasteiger partial charge in [-0.25, -0.2) is 13.8 Å². The number of hydrazine groups is 1. The molecule has 0 spiro atoms. The molecule has 3 rings (SSSR count). The van der Waals surface area contributed by atoms with Crippen LogP contribution in [-0.4, -0.2) is 5.96 Å². The molecule has 25 heavy (non-hydrogen) atoms. The molecule has 0 aliphatic carbocycles. The number of halogens is 5. The Morgan fingerprint density at radius 1 is 1.00 bits per heavy atom. The number of alkyl halides is 3. The molecule has 1 aliphatic rings. The quantitative estimate of drug-likeness (QED) is 0.620. The molecule has 0 saturated carbocycles.